The highest BCUT2D eigenvalue weighted by molar-refractivity contribution is 5.67. The Morgan fingerprint density at radius 1 is 1.12 bits per heavy atom. The van der Waals surface area contributed by atoms with E-state index in [0.29, 0.717) is 0 Å². The Kier molecular flexibility index (Phi) is 5.25. The normalized spacial score (nSPS) is 18.6. The lowest BCUT2D eigenvalue weighted by molar-refractivity contribution is -0.150. The van der Waals surface area contributed by atoms with E-state index in [2.05, 4.69) is 0 Å². The first-order valence-corrected chi connectivity index (χ1v) is 6.50. The first kappa shape index (κ1) is 14.3. The molecule has 1 aliphatic carbocycles. The van der Waals surface area contributed by atoms with Crippen LogP contribution in [0.4, 0.5) is 4.79 Å². The number of amides is 1. The summed E-state index contributed by atoms with van der Waals surface area (Å²) in [4.78, 5) is 17.2. The molecule has 1 saturated carbocycles. The van der Waals surface area contributed by atoms with Crippen molar-refractivity contribution >= 4 is 6.09 Å². The SMILES string of the molecule is CON(C(=O)OC(C)(C)C)C1CCCCCC1. The van der Waals surface area contributed by atoms with Gasteiger partial charge in [-0.05, 0) is 33.6 Å². The minimum atomic E-state index is -0.474. The van der Waals surface area contributed by atoms with Gasteiger partial charge in [0.15, 0.2) is 0 Å². The predicted molar refractivity (Wildman–Crippen MR) is 66.6 cm³/mol. The highest BCUT2D eigenvalue weighted by atomic mass is 16.7. The van der Waals surface area contributed by atoms with E-state index in [1.165, 1.54) is 25.0 Å². The van der Waals surface area contributed by atoms with Crippen LogP contribution in [-0.2, 0) is 9.57 Å². The second kappa shape index (κ2) is 6.24. The Morgan fingerprint density at radius 3 is 2.06 bits per heavy atom. The summed E-state index contributed by atoms with van der Waals surface area (Å²) in [5.41, 5.74) is -0.474. The van der Waals surface area contributed by atoms with Crippen LogP contribution in [0.25, 0.3) is 0 Å². The fourth-order valence-electron chi connectivity index (χ4n) is 2.17. The molecule has 0 saturated heterocycles. The number of hydroxylamine groups is 2. The number of nitrogens with zero attached hydrogens (tertiary/aromatic N) is 1. The number of hydrogen-bond donors (Lipinski definition) is 0. The van der Waals surface area contributed by atoms with E-state index in [9.17, 15) is 4.79 Å². The largest absolute Gasteiger partial charge is 0.442 e. The number of ether oxygens (including phenoxy) is 1. The van der Waals surface area contributed by atoms with Gasteiger partial charge in [0, 0.05) is 0 Å². The molecule has 0 aliphatic heterocycles. The summed E-state index contributed by atoms with van der Waals surface area (Å²) in [5, 5.41) is 1.41. The third-order valence-corrected chi connectivity index (χ3v) is 2.93. The van der Waals surface area contributed by atoms with Crippen molar-refractivity contribution in [1.29, 1.82) is 0 Å². The van der Waals surface area contributed by atoms with Crippen molar-refractivity contribution in [1.82, 2.24) is 5.06 Å². The molecular weight excluding hydrogens is 218 g/mol. The lowest BCUT2D eigenvalue weighted by Gasteiger charge is -2.30. The van der Waals surface area contributed by atoms with Gasteiger partial charge in [0.25, 0.3) is 0 Å². The van der Waals surface area contributed by atoms with E-state index < -0.39 is 5.60 Å². The maximum absolute atomic E-state index is 12.0. The van der Waals surface area contributed by atoms with Crippen molar-refractivity contribution in [3.8, 4) is 0 Å². The molecule has 1 amide bonds. The summed E-state index contributed by atoms with van der Waals surface area (Å²) in [6.07, 6.45) is 6.47. The average molecular weight is 243 g/mol. The minimum absolute atomic E-state index is 0.164. The van der Waals surface area contributed by atoms with Crippen LogP contribution in [0, 0.1) is 0 Å². The Morgan fingerprint density at radius 2 is 1.65 bits per heavy atom. The van der Waals surface area contributed by atoms with E-state index in [0.717, 1.165) is 25.7 Å². The molecule has 0 atom stereocenters. The molecule has 0 radical (unpaired) electrons. The lowest BCUT2D eigenvalue weighted by atomic mass is 10.1. The van der Waals surface area contributed by atoms with Crippen LogP contribution in [0.3, 0.4) is 0 Å². The summed E-state index contributed by atoms with van der Waals surface area (Å²) < 4.78 is 5.35. The monoisotopic (exact) mass is 243 g/mol. The van der Waals surface area contributed by atoms with Crippen LogP contribution < -0.4 is 0 Å². The molecule has 0 aromatic heterocycles. The molecule has 0 bridgehead atoms. The van der Waals surface area contributed by atoms with Gasteiger partial charge in [-0.1, -0.05) is 25.7 Å². The Balaban J connectivity index is 2.59. The second-order valence-corrected chi connectivity index (χ2v) is 5.63. The predicted octanol–water partition coefficient (Wildman–Crippen LogP) is 3.51. The fourth-order valence-corrected chi connectivity index (χ4v) is 2.17. The van der Waals surface area contributed by atoms with Gasteiger partial charge in [0.05, 0.1) is 13.2 Å². The zero-order chi connectivity index (χ0) is 12.9. The molecular formula is C13H25NO3. The van der Waals surface area contributed by atoms with Crippen molar-refractivity contribution in [2.24, 2.45) is 0 Å². The molecule has 4 heteroatoms. The first-order chi connectivity index (χ1) is 7.94. The molecule has 1 aliphatic rings. The number of rotatable bonds is 2. The van der Waals surface area contributed by atoms with E-state index in [1.54, 1.807) is 0 Å². The highest BCUT2D eigenvalue weighted by Crippen LogP contribution is 2.23. The van der Waals surface area contributed by atoms with Crippen LogP contribution in [0.2, 0.25) is 0 Å². The Bertz CT molecular complexity index is 240. The van der Waals surface area contributed by atoms with E-state index in [4.69, 9.17) is 9.57 Å². The number of carbonyl (C=O) groups excluding carboxylic acids is 1. The number of carbonyl (C=O) groups is 1. The van der Waals surface area contributed by atoms with Crippen molar-refractivity contribution < 1.29 is 14.4 Å². The van der Waals surface area contributed by atoms with Gasteiger partial charge in [0.1, 0.15) is 5.60 Å². The molecule has 100 valence electrons. The third kappa shape index (κ3) is 4.94. The second-order valence-electron chi connectivity index (χ2n) is 5.63. The van der Waals surface area contributed by atoms with E-state index in [1.807, 2.05) is 20.8 Å². The first-order valence-electron chi connectivity index (χ1n) is 6.50. The van der Waals surface area contributed by atoms with Crippen molar-refractivity contribution in [3.63, 3.8) is 0 Å². The molecule has 17 heavy (non-hydrogen) atoms. The van der Waals surface area contributed by atoms with Gasteiger partial charge in [0.2, 0.25) is 0 Å². The van der Waals surface area contributed by atoms with Gasteiger partial charge in [-0.3, -0.25) is 4.84 Å². The van der Waals surface area contributed by atoms with E-state index >= 15 is 0 Å². The summed E-state index contributed by atoms with van der Waals surface area (Å²) >= 11 is 0. The van der Waals surface area contributed by atoms with E-state index in [-0.39, 0.29) is 12.1 Å². The Labute approximate surface area is 104 Å². The van der Waals surface area contributed by atoms with Crippen molar-refractivity contribution in [2.45, 2.75) is 70.9 Å². The summed E-state index contributed by atoms with van der Waals surface area (Å²) in [6, 6.07) is 0.164. The third-order valence-electron chi connectivity index (χ3n) is 2.93. The zero-order valence-corrected chi connectivity index (χ0v) is 11.5. The Hall–Kier alpha value is -0.770. The minimum Gasteiger partial charge on any atom is -0.442 e. The van der Waals surface area contributed by atoms with Crippen LogP contribution in [0.5, 0.6) is 0 Å². The molecule has 4 nitrogen and oxygen atoms in total. The van der Waals surface area contributed by atoms with Gasteiger partial charge in [-0.2, -0.15) is 5.06 Å². The smallest absolute Gasteiger partial charge is 0.434 e. The van der Waals surface area contributed by atoms with Gasteiger partial charge in [-0.25, -0.2) is 4.79 Å². The van der Waals surface area contributed by atoms with Crippen LogP contribution in [-0.4, -0.2) is 29.9 Å². The van der Waals surface area contributed by atoms with Crippen molar-refractivity contribution in [2.75, 3.05) is 7.11 Å². The van der Waals surface area contributed by atoms with Crippen molar-refractivity contribution in [3.05, 3.63) is 0 Å². The van der Waals surface area contributed by atoms with Crippen LogP contribution >= 0.6 is 0 Å². The summed E-state index contributed by atoms with van der Waals surface area (Å²) in [5.74, 6) is 0. The standard InChI is InChI=1S/C13H25NO3/c1-13(2,3)17-12(15)14(16-4)11-9-7-5-6-8-10-11/h11H,5-10H2,1-4H3. The summed E-state index contributed by atoms with van der Waals surface area (Å²) in [6.45, 7) is 5.60. The topological polar surface area (TPSA) is 38.8 Å². The van der Waals surface area contributed by atoms with Crippen LogP contribution in [0.1, 0.15) is 59.3 Å². The maximum Gasteiger partial charge on any atom is 0.434 e. The van der Waals surface area contributed by atoms with Gasteiger partial charge < -0.3 is 4.74 Å². The van der Waals surface area contributed by atoms with Crippen LogP contribution in [0.15, 0.2) is 0 Å². The molecule has 0 unspecified atom stereocenters. The fraction of sp³-hybridized carbons (Fsp3) is 0.923. The highest BCUT2D eigenvalue weighted by Gasteiger charge is 2.29. The van der Waals surface area contributed by atoms with Gasteiger partial charge in [-0.15, -0.1) is 0 Å². The zero-order valence-electron chi connectivity index (χ0n) is 11.5. The lowest BCUT2D eigenvalue weighted by Crippen LogP contribution is -2.42. The molecule has 0 N–H and O–H groups in total. The van der Waals surface area contributed by atoms with Gasteiger partial charge >= 0.3 is 6.09 Å². The maximum atomic E-state index is 12.0. The summed E-state index contributed by atoms with van der Waals surface area (Å²) in [7, 11) is 1.54. The molecule has 1 rings (SSSR count). The molecule has 0 aromatic rings. The molecule has 1 fully saturated rings. The molecule has 0 aromatic carbocycles. The average Bonchev–Trinajstić information content (AvgIpc) is 2.45. The number of hydrogen-bond acceptors (Lipinski definition) is 3. The molecule has 0 heterocycles. The molecule has 0 spiro atoms. The quantitative estimate of drug-likeness (QED) is 0.550.